The molecule has 0 bridgehead atoms. The number of nitriles is 1. The van der Waals surface area contributed by atoms with Crippen LogP contribution in [0.2, 0.25) is 10.0 Å². The van der Waals surface area contributed by atoms with E-state index in [0.717, 1.165) is 36.0 Å². The van der Waals surface area contributed by atoms with E-state index in [1.807, 2.05) is 29.2 Å². The molecule has 0 N–H and O–H groups in total. The lowest BCUT2D eigenvalue weighted by Gasteiger charge is -2.17. The Kier molecular flexibility index (Phi) is 6.17. The van der Waals surface area contributed by atoms with Gasteiger partial charge in [-0.15, -0.1) is 0 Å². The summed E-state index contributed by atoms with van der Waals surface area (Å²) in [4.78, 5) is 22.8. The molecule has 0 aromatic heterocycles. The van der Waals surface area contributed by atoms with Crippen molar-refractivity contribution >= 4 is 41.2 Å². The molecule has 30 heavy (non-hydrogen) atoms. The second-order valence-corrected chi connectivity index (χ2v) is 8.36. The molecule has 0 radical (unpaired) electrons. The molecule has 0 saturated heterocycles. The maximum absolute atomic E-state index is 12.7. The standard InChI is InChI=1S/C23H20Cl2N4O/c24-18-6-7-20(21(25)11-18)15-4-5-16-13-29(14-17(16)10-15)23(30)3-1-2-19-8-9-27-22(12-26)28-19/h4-7,9-11,19H,1-3,8,13-14H2. The Balaban J connectivity index is 1.35. The van der Waals surface area contributed by atoms with Gasteiger partial charge >= 0.3 is 0 Å². The van der Waals surface area contributed by atoms with Crippen LogP contribution in [0.25, 0.3) is 11.1 Å². The van der Waals surface area contributed by atoms with Crippen molar-refractivity contribution < 1.29 is 4.79 Å². The fraction of sp³-hybridized carbons (Fsp3) is 0.304. The largest absolute Gasteiger partial charge is 0.334 e. The maximum Gasteiger partial charge on any atom is 0.227 e. The van der Waals surface area contributed by atoms with Crippen molar-refractivity contribution in [2.75, 3.05) is 0 Å². The van der Waals surface area contributed by atoms with Gasteiger partial charge in [0.25, 0.3) is 0 Å². The summed E-state index contributed by atoms with van der Waals surface area (Å²) in [6.45, 7) is 1.25. The van der Waals surface area contributed by atoms with Gasteiger partial charge in [-0.2, -0.15) is 5.26 Å². The fourth-order valence-corrected chi connectivity index (χ4v) is 4.39. The molecular formula is C23H20Cl2N4O. The highest BCUT2D eigenvalue weighted by Gasteiger charge is 2.24. The second kappa shape index (κ2) is 8.99. The van der Waals surface area contributed by atoms with Crippen molar-refractivity contribution in [2.24, 2.45) is 9.98 Å². The number of rotatable bonds is 5. The third kappa shape index (κ3) is 4.56. The lowest BCUT2D eigenvalue weighted by Crippen LogP contribution is -2.25. The zero-order valence-electron chi connectivity index (χ0n) is 16.3. The first-order valence-electron chi connectivity index (χ1n) is 9.89. The summed E-state index contributed by atoms with van der Waals surface area (Å²) in [5, 5.41) is 10.1. The summed E-state index contributed by atoms with van der Waals surface area (Å²) in [5.74, 6) is 0.371. The molecule has 2 heterocycles. The average molecular weight is 439 g/mol. The Labute approximate surface area is 185 Å². The van der Waals surface area contributed by atoms with Crippen molar-refractivity contribution in [3.8, 4) is 17.2 Å². The third-order valence-corrected chi connectivity index (χ3v) is 6.00. The molecule has 7 heteroatoms. The molecule has 2 aromatic rings. The number of nitrogens with zero attached hydrogens (tertiary/aromatic N) is 4. The van der Waals surface area contributed by atoms with Gasteiger partial charge in [-0.3, -0.25) is 9.79 Å². The summed E-state index contributed by atoms with van der Waals surface area (Å²) < 4.78 is 0. The minimum Gasteiger partial charge on any atom is -0.334 e. The van der Waals surface area contributed by atoms with Crippen LogP contribution in [0, 0.1) is 11.3 Å². The second-order valence-electron chi connectivity index (χ2n) is 7.52. The van der Waals surface area contributed by atoms with Crippen LogP contribution in [-0.4, -0.2) is 28.9 Å². The van der Waals surface area contributed by atoms with Crippen LogP contribution in [0.15, 0.2) is 46.4 Å². The number of hydrogen-bond donors (Lipinski definition) is 0. The van der Waals surface area contributed by atoms with E-state index in [1.54, 1.807) is 12.3 Å². The molecule has 4 rings (SSSR count). The maximum atomic E-state index is 12.7. The molecule has 152 valence electrons. The number of halogens is 2. The zero-order chi connectivity index (χ0) is 21.1. The van der Waals surface area contributed by atoms with Crippen molar-refractivity contribution in [2.45, 2.75) is 44.8 Å². The fourth-order valence-electron chi connectivity index (χ4n) is 3.87. The highest BCUT2D eigenvalue weighted by atomic mass is 35.5. The van der Waals surface area contributed by atoms with E-state index in [2.05, 4.69) is 22.1 Å². The van der Waals surface area contributed by atoms with E-state index in [9.17, 15) is 4.79 Å². The van der Waals surface area contributed by atoms with Gasteiger partial charge in [0, 0.05) is 47.8 Å². The molecule has 2 aliphatic heterocycles. The first-order valence-corrected chi connectivity index (χ1v) is 10.6. The van der Waals surface area contributed by atoms with Crippen LogP contribution in [0.4, 0.5) is 0 Å². The number of aliphatic imine (C=N–C) groups is 2. The summed E-state index contributed by atoms with van der Waals surface area (Å²) in [6.07, 6.45) is 4.47. The summed E-state index contributed by atoms with van der Waals surface area (Å²) in [6, 6.07) is 13.7. The Morgan fingerprint density at radius 3 is 2.80 bits per heavy atom. The van der Waals surface area contributed by atoms with E-state index in [4.69, 9.17) is 28.5 Å². The minimum absolute atomic E-state index is 0.0485. The number of carbonyl (C=O) groups excluding carboxylic acids is 1. The van der Waals surface area contributed by atoms with Gasteiger partial charge in [0.15, 0.2) is 0 Å². The van der Waals surface area contributed by atoms with Crippen LogP contribution in [0.5, 0.6) is 0 Å². The van der Waals surface area contributed by atoms with Gasteiger partial charge in [0.1, 0.15) is 6.07 Å². The van der Waals surface area contributed by atoms with E-state index < -0.39 is 0 Å². The molecular weight excluding hydrogens is 419 g/mol. The van der Waals surface area contributed by atoms with Crippen molar-refractivity contribution in [3.05, 3.63) is 57.6 Å². The van der Waals surface area contributed by atoms with Gasteiger partial charge in [-0.25, -0.2) is 4.99 Å². The third-order valence-electron chi connectivity index (χ3n) is 5.45. The predicted octanol–water partition coefficient (Wildman–Crippen LogP) is 5.44. The summed E-state index contributed by atoms with van der Waals surface area (Å²) >= 11 is 12.4. The Morgan fingerprint density at radius 1 is 1.17 bits per heavy atom. The molecule has 2 aromatic carbocycles. The van der Waals surface area contributed by atoms with Crippen LogP contribution in [0.3, 0.4) is 0 Å². The van der Waals surface area contributed by atoms with Crippen LogP contribution in [-0.2, 0) is 17.9 Å². The quantitative estimate of drug-likeness (QED) is 0.623. The van der Waals surface area contributed by atoms with Crippen molar-refractivity contribution in [3.63, 3.8) is 0 Å². The van der Waals surface area contributed by atoms with Gasteiger partial charge < -0.3 is 4.90 Å². The normalized spacial score (nSPS) is 17.4. The first-order chi connectivity index (χ1) is 14.5. The molecule has 0 spiro atoms. The molecule has 0 saturated carbocycles. The molecule has 0 fully saturated rings. The number of benzene rings is 2. The average Bonchev–Trinajstić information content (AvgIpc) is 3.17. The van der Waals surface area contributed by atoms with Gasteiger partial charge in [0.2, 0.25) is 11.7 Å². The zero-order valence-corrected chi connectivity index (χ0v) is 17.8. The highest BCUT2D eigenvalue weighted by Crippen LogP contribution is 2.34. The molecule has 0 aliphatic carbocycles. The molecule has 1 atom stereocenters. The van der Waals surface area contributed by atoms with Gasteiger partial charge in [0.05, 0.1) is 6.04 Å². The van der Waals surface area contributed by atoms with Gasteiger partial charge in [-0.05, 0) is 47.7 Å². The van der Waals surface area contributed by atoms with Crippen molar-refractivity contribution in [1.29, 1.82) is 5.26 Å². The monoisotopic (exact) mass is 438 g/mol. The van der Waals surface area contributed by atoms with E-state index in [1.165, 1.54) is 5.56 Å². The van der Waals surface area contributed by atoms with E-state index in [0.29, 0.717) is 29.6 Å². The Bertz CT molecular complexity index is 1090. The van der Waals surface area contributed by atoms with Crippen LogP contribution < -0.4 is 0 Å². The van der Waals surface area contributed by atoms with E-state index >= 15 is 0 Å². The summed E-state index contributed by atoms with van der Waals surface area (Å²) in [5.41, 5.74) is 4.28. The number of hydrogen-bond acceptors (Lipinski definition) is 4. The SMILES string of the molecule is N#CC1=NC(CCCC(=O)N2Cc3ccc(-c4ccc(Cl)cc4Cl)cc3C2)CC=N1. The van der Waals surface area contributed by atoms with E-state index in [-0.39, 0.29) is 17.8 Å². The molecule has 5 nitrogen and oxygen atoms in total. The number of carbonyl (C=O) groups is 1. The number of amidine groups is 1. The topological polar surface area (TPSA) is 68.8 Å². The first kappa shape index (κ1) is 20.6. The molecule has 2 aliphatic rings. The minimum atomic E-state index is 0.0485. The molecule has 1 amide bonds. The lowest BCUT2D eigenvalue weighted by atomic mass is 10.0. The number of amides is 1. The predicted molar refractivity (Wildman–Crippen MR) is 120 cm³/mol. The van der Waals surface area contributed by atoms with Crippen molar-refractivity contribution in [1.82, 2.24) is 4.90 Å². The Hall–Kier alpha value is -2.68. The van der Waals surface area contributed by atoms with Gasteiger partial charge in [-0.1, -0.05) is 41.4 Å². The number of fused-ring (bicyclic) bond motifs is 1. The highest BCUT2D eigenvalue weighted by molar-refractivity contribution is 6.36. The van der Waals surface area contributed by atoms with Crippen LogP contribution >= 0.6 is 23.2 Å². The smallest absolute Gasteiger partial charge is 0.227 e. The Morgan fingerprint density at radius 2 is 2.00 bits per heavy atom. The summed E-state index contributed by atoms with van der Waals surface area (Å²) in [7, 11) is 0. The van der Waals surface area contributed by atoms with Crippen LogP contribution in [0.1, 0.15) is 36.8 Å². The molecule has 1 unspecified atom stereocenters. The lowest BCUT2D eigenvalue weighted by molar-refractivity contribution is -0.131.